The van der Waals surface area contributed by atoms with Crippen molar-refractivity contribution in [2.24, 2.45) is 0 Å². The van der Waals surface area contributed by atoms with Crippen molar-refractivity contribution in [3.63, 3.8) is 0 Å². The molecule has 1 aliphatic carbocycles. The monoisotopic (exact) mass is 359 g/mol. The molecular formula is C15H19Cl2Zr. The molecule has 0 heterocycles. The van der Waals surface area contributed by atoms with E-state index in [2.05, 4.69) is 46.8 Å². The summed E-state index contributed by atoms with van der Waals surface area (Å²) in [5.74, 6) is 0.540. The van der Waals surface area contributed by atoms with Gasteiger partial charge in [0, 0.05) is 0 Å². The van der Waals surface area contributed by atoms with E-state index < -0.39 is 19.4 Å². The third kappa shape index (κ3) is 2.28. The average Bonchev–Trinajstić information content (AvgIpc) is 2.54. The van der Waals surface area contributed by atoms with Crippen LogP contribution in [0.5, 0.6) is 0 Å². The van der Waals surface area contributed by atoms with Crippen LogP contribution in [0.2, 0.25) is 0 Å². The van der Waals surface area contributed by atoms with E-state index in [1.807, 2.05) is 0 Å². The van der Waals surface area contributed by atoms with Gasteiger partial charge in [0.2, 0.25) is 0 Å². The second-order valence-electron chi connectivity index (χ2n) is 5.45. The fourth-order valence-corrected chi connectivity index (χ4v) is 8.93. The van der Waals surface area contributed by atoms with Gasteiger partial charge in [-0.25, -0.2) is 0 Å². The van der Waals surface area contributed by atoms with Crippen LogP contribution in [0.15, 0.2) is 17.7 Å². The van der Waals surface area contributed by atoms with Gasteiger partial charge in [-0.3, -0.25) is 0 Å². The normalized spacial score (nSPS) is 18.6. The number of rotatable bonds is 2. The minimum absolute atomic E-state index is 0.351. The van der Waals surface area contributed by atoms with Crippen molar-refractivity contribution in [1.82, 2.24) is 0 Å². The summed E-state index contributed by atoms with van der Waals surface area (Å²) in [6.45, 7) is 11.1. The quantitative estimate of drug-likeness (QED) is 0.616. The van der Waals surface area contributed by atoms with E-state index in [1.165, 1.54) is 33.4 Å². The zero-order valence-corrected chi connectivity index (χ0v) is 15.5. The Balaban J connectivity index is 2.75. The van der Waals surface area contributed by atoms with Crippen LogP contribution in [0.25, 0.3) is 5.57 Å². The Labute approximate surface area is 125 Å². The van der Waals surface area contributed by atoms with Gasteiger partial charge in [-0.05, 0) is 0 Å². The van der Waals surface area contributed by atoms with Gasteiger partial charge < -0.3 is 0 Å². The number of aryl methyl sites for hydroxylation is 1. The number of halogens is 2. The molecule has 0 spiro atoms. The summed E-state index contributed by atoms with van der Waals surface area (Å²) in [7, 11) is 12.8. The zero-order valence-electron chi connectivity index (χ0n) is 11.6. The average molecular weight is 361 g/mol. The third-order valence-corrected chi connectivity index (χ3v) is 9.45. The summed E-state index contributed by atoms with van der Waals surface area (Å²) < 4.78 is 0.351. The first-order valence-corrected chi connectivity index (χ1v) is 14.1. The second kappa shape index (κ2) is 5.43. The summed E-state index contributed by atoms with van der Waals surface area (Å²) in [4.78, 5) is 0. The summed E-state index contributed by atoms with van der Waals surface area (Å²) >= 11 is -2.32. The van der Waals surface area contributed by atoms with Gasteiger partial charge in [-0.2, -0.15) is 0 Å². The first-order chi connectivity index (χ1) is 8.36. The molecule has 1 unspecified atom stereocenters. The molecule has 97 valence electrons. The summed E-state index contributed by atoms with van der Waals surface area (Å²) in [6, 6.07) is 4.50. The molecule has 0 saturated heterocycles. The molecule has 1 aliphatic rings. The number of hydrogen-bond donors (Lipinski definition) is 0. The predicted molar refractivity (Wildman–Crippen MR) is 78.0 cm³/mol. The molecule has 3 heteroatoms. The van der Waals surface area contributed by atoms with Crippen LogP contribution in [0.4, 0.5) is 0 Å². The van der Waals surface area contributed by atoms with Crippen molar-refractivity contribution in [2.75, 3.05) is 0 Å². The molecule has 0 radical (unpaired) electrons. The molecule has 0 N–H and O–H groups in total. The third-order valence-electron chi connectivity index (χ3n) is 4.02. The molecule has 0 aromatic heterocycles. The van der Waals surface area contributed by atoms with Gasteiger partial charge in [0.25, 0.3) is 0 Å². The van der Waals surface area contributed by atoms with Crippen LogP contribution in [0.1, 0.15) is 59.5 Å². The summed E-state index contributed by atoms with van der Waals surface area (Å²) in [5, 5.41) is 0. The van der Waals surface area contributed by atoms with E-state index in [4.69, 9.17) is 17.0 Å². The number of hydrogen-bond acceptors (Lipinski definition) is 0. The maximum absolute atomic E-state index is 6.40. The van der Waals surface area contributed by atoms with Crippen molar-refractivity contribution in [3.8, 4) is 0 Å². The van der Waals surface area contributed by atoms with Gasteiger partial charge >= 0.3 is 126 Å². The Morgan fingerprint density at radius 1 is 1.11 bits per heavy atom. The second-order valence-corrected chi connectivity index (χ2v) is 14.3. The van der Waals surface area contributed by atoms with Gasteiger partial charge in [-0.15, -0.1) is 0 Å². The van der Waals surface area contributed by atoms with Crippen molar-refractivity contribution >= 4 is 22.6 Å². The topological polar surface area (TPSA) is 0 Å². The molecule has 0 nitrogen and oxygen atoms in total. The van der Waals surface area contributed by atoms with Crippen molar-refractivity contribution in [2.45, 2.75) is 44.2 Å². The zero-order chi connectivity index (χ0) is 13.6. The number of allylic oxidation sites excluding steroid dienone is 2. The van der Waals surface area contributed by atoms with Gasteiger partial charge in [0.1, 0.15) is 0 Å². The molecule has 0 fully saturated rings. The standard InChI is InChI=1S/C15H19.2ClH.Zr/c1-9(2)13-7-6-10(3)14-8-11(4)12(5)15(13)14;;;/h6-9H,1-5H3;2*1H;/q;;;+2/p-2. The van der Waals surface area contributed by atoms with Crippen molar-refractivity contribution < 1.29 is 19.4 Å². The molecule has 1 aromatic rings. The molecule has 2 rings (SSSR count). The van der Waals surface area contributed by atoms with E-state index in [9.17, 15) is 0 Å². The van der Waals surface area contributed by atoms with Crippen LogP contribution in [0, 0.1) is 6.92 Å². The maximum atomic E-state index is 6.40. The van der Waals surface area contributed by atoms with Crippen LogP contribution >= 0.6 is 17.0 Å². The summed E-state index contributed by atoms with van der Waals surface area (Å²) in [5.41, 5.74) is 8.45. The van der Waals surface area contributed by atoms with E-state index in [1.54, 1.807) is 0 Å². The SMILES string of the molecule is CC1=C(C)[CH]([Zr]([Cl])[Cl])c2c(C)ccc(C(C)C)c21. The van der Waals surface area contributed by atoms with Gasteiger partial charge in [0.15, 0.2) is 0 Å². The Hall–Kier alpha value is 0.423. The molecule has 0 amide bonds. The molecule has 0 bridgehead atoms. The van der Waals surface area contributed by atoms with Crippen molar-refractivity contribution in [1.29, 1.82) is 0 Å². The van der Waals surface area contributed by atoms with Crippen LogP contribution in [0.3, 0.4) is 0 Å². The van der Waals surface area contributed by atoms with Crippen LogP contribution in [-0.2, 0) is 19.4 Å². The Kier molecular flexibility index (Phi) is 4.47. The molecule has 1 aromatic carbocycles. The molecule has 0 saturated carbocycles. The number of benzene rings is 1. The summed E-state index contributed by atoms with van der Waals surface area (Å²) in [6.07, 6.45) is 0. The van der Waals surface area contributed by atoms with E-state index >= 15 is 0 Å². The van der Waals surface area contributed by atoms with Gasteiger partial charge in [0.05, 0.1) is 0 Å². The minimum atomic E-state index is -2.32. The predicted octanol–water partition coefficient (Wildman–Crippen LogP) is 5.89. The fourth-order valence-electron chi connectivity index (χ4n) is 2.92. The van der Waals surface area contributed by atoms with E-state index in [0.29, 0.717) is 9.54 Å². The van der Waals surface area contributed by atoms with Crippen LogP contribution < -0.4 is 0 Å². The first kappa shape index (κ1) is 14.8. The fraction of sp³-hybridized carbons (Fsp3) is 0.467. The van der Waals surface area contributed by atoms with E-state index in [0.717, 1.165) is 0 Å². The Morgan fingerprint density at radius 2 is 1.72 bits per heavy atom. The van der Waals surface area contributed by atoms with Crippen molar-refractivity contribution in [3.05, 3.63) is 40.0 Å². The molecule has 0 aliphatic heterocycles. The van der Waals surface area contributed by atoms with E-state index in [-0.39, 0.29) is 0 Å². The molecule has 18 heavy (non-hydrogen) atoms. The molecule has 1 atom stereocenters. The van der Waals surface area contributed by atoms with Crippen LogP contribution in [-0.4, -0.2) is 0 Å². The first-order valence-electron chi connectivity index (χ1n) is 6.35. The Bertz CT molecular complexity index is 515. The molecular weight excluding hydrogens is 342 g/mol. The van der Waals surface area contributed by atoms with Gasteiger partial charge in [-0.1, -0.05) is 0 Å². The number of fused-ring (bicyclic) bond motifs is 1. The Morgan fingerprint density at radius 3 is 2.22 bits per heavy atom.